The van der Waals surface area contributed by atoms with E-state index in [1.165, 1.54) is 0 Å². The Morgan fingerprint density at radius 3 is 2.72 bits per heavy atom. The number of carbonyl (C=O) groups excluding carboxylic acids is 1. The van der Waals surface area contributed by atoms with Gasteiger partial charge >= 0.3 is 0 Å². The average molecular weight is 238 g/mol. The Labute approximate surface area is 103 Å². The first-order valence-electron chi connectivity index (χ1n) is 5.45. The number of primary amides is 1. The van der Waals surface area contributed by atoms with Crippen molar-refractivity contribution in [2.45, 2.75) is 0 Å². The Balaban J connectivity index is 2.29. The fourth-order valence-electron chi connectivity index (χ4n) is 1.89. The number of fused-ring (bicyclic) bond motifs is 1. The molecule has 1 aromatic carbocycles. The molecule has 0 aliphatic carbocycles. The molecular weight excluding hydrogens is 228 g/mol. The summed E-state index contributed by atoms with van der Waals surface area (Å²) >= 11 is 0. The molecule has 0 unspecified atom stereocenters. The summed E-state index contributed by atoms with van der Waals surface area (Å²) in [5.74, 6) is -0.556. The van der Waals surface area contributed by atoms with E-state index in [1.807, 2.05) is 36.4 Å². The highest BCUT2D eigenvalue weighted by molar-refractivity contribution is 6.04. The highest BCUT2D eigenvalue weighted by Gasteiger charge is 2.12. The van der Waals surface area contributed by atoms with Crippen molar-refractivity contribution in [2.75, 3.05) is 0 Å². The third-order valence-electron chi connectivity index (χ3n) is 2.74. The Morgan fingerprint density at radius 1 is 1.22 bits per heavy atom. The summed E-state index contributed by atoms with van der Waals surface area (Å²) in [7, 11) is 0. The summed E-state index contributed by atoms with van der Waals surface area (Å²) in [6.45, 7) is 0. The summed E-state index contributed by atoms with van der Waals surface area (Å²) in [6, 6.07) is 11.5. The van der Waals surface area contributed by atoms with Crippen molar-refractivity contribution in [3.63, 3.8) is 0 Å². The quantitative estimate of drug-likeness (QED) is 0.712. The molecule has 88 valence electrons. The molecule has 3 aromatic rings. The normalized spacial score (nSPS) is 10.7. The lowest BCUT2D eigenvalue weighted by atomic mass is 10.1. The number of nitrogens with zero attached hydrogens (tertiary/aromatic N) is 2. The van der Waals surface area contributed by atoms with Crippen LogP contribution in [-0.4, -0.2) is 21.1 Å². The number of nitrogens with two attached hydrogens (primary N) is 1. The summed E-state index contributed by atoms with van der Waals surface area (Å²) in [6.07, 6.45) is 1.55. The van der Waals surface area contributed by atoms with E-state index in [4.69, 9.17) is 5.73 Å². The summed E-state index contributed by atoms with van der Waals surface area (Å²) in [5.41, 5.74) is 7.95. The summed E-state index contributed by atoms with van der Waals surface area (Å²) in [4.78, 5) is 15.7. The minimum Gasteiger partial charge on any atom is -0.364 e. The lowest BCUT2D eigenvalue weighted by molar-refractivity contribution is 0.0997. The smallest absolute Gasteiger partial charge is 0.268 e. The first-order chi connectivity index (χ1) is 8.75. The monoisotopic (exact) mass is 238 g/mol. The minimum atomic E-state index is -0.556. The molecular formula is C13H10N4O. The Bertz CT molecular complexity index is 718. The molecule has 0 bridgehead atoms. The van der Waals surface area contributed by atoms with Crippen LogP contribution in [0.3, 0.4) is 0 Å². The maximum absolute atomic E-state index is 11.4. The minimum absolute atomic E-state index is 0.236. The van der Waals surface area contributed by atoms with Crippen LogP contribution in [0.5, 0.6) is 0 Å². The van der Waals surface area contributed by atoms with Gasteiger partial charge in [-0.15, -0.1) is 0 Å². The average Bonchev–Trinajstić information content (AvgIpc) is 2.86. The Morgan fingerprint density at radius 2 is 2.00 bits per heavy atom. The maximum Gasteiger partial charge on any atom is 0.268 e. The first kappa shape index (κ1) is 10.5. The Kier molecular flexibility index (Phi) is 2.30. The number of rotatable bonds is 2. The van der Waals surface area contributed by atoms with E-state index < -0.39 is 5.91 Å². The second-order valence-electron chi connectivity index (χ2n) is 3.92. The van der Waals surface area contributed by atoms with Gasteiger partial charge in [0.25, 0.3) is 5.91 Å². The van der Waals surface area contributed by atoms with E-state index in [2.05, 4.69) is 15.2 Å². The van der Waals surface area contributed by atoms with Crippen molar-refractivity contribution in [2.24, 2.45) is 5.73 Å². The van der Waals surface area contributed by atoms with Crippen molar-refractivity contribution < 1.29 is 4.79 Å². The number of hydrogen-bond acceptors (Lipinski definition) is 3. The van der Waals surface area contributed by atoms with Gasteiger partial charge in [0.15, 0.2) is 0 Å². The van der Waals surface area contributed by atoms with E-state index in [0.29, 0.717) is 11.1 Å². The number of H-pyrrole nitrogens is 1. The summed E-state index contributed by atoms with van der Waals surface area (Å²) in [5, 5.41) is 7.37. The van der Waals surface area contributed by atoms with Crippen LogP contribution in [0.15, 0.2) is 42.6 Å². The van der Waals surface area contributed by atoms with E-state index >= 15 is 0 Å². The molecule has 0 saturated heterocycles. The maximum atomic E-state index is 11.4. The zero-order valence-electron chi connectivity index (χ0n) is 9.42. The molecule has 0 saturated carbocycles. The first-order valence-corrected chi connectivity index (χ1v) is 5.45. The molecule has 0 radical (unpaired) electrons. The van der Waals surface area contributed by atoms with Crippen molar-refractivity contribution in [1.29, 1.82) is 0 Å². The Hall–Kier alpha value is -2.69. The number of pyridine rings is 1. The number of aromatic amines is 1. The highest BCUT2D eigenvalue weighted by atomic mass is 16.1. The third-order valence-corrected chi connectivity index (χ3v) is 2.74. The molecule has 0 aliphatic heterocycles. The topological polar surface area (TPSA) is 84.7 Å². The SMILES string of the molecule is NC(=O)c1nc(-c2ccccc2)cc2[nH]ncc12. The zero-order valence-corrected chi connectivity index (χ0v) is 9.42. The van der Waals surface area contributed by atoms with E-state index in [0.717, 1.165) is 11.1 Å². The lowest BCUT2D eigenvalue weighted by Gasteiger charge is -2.03. The zero-order chi connectivity index (χ0) is 12.5. The van der Waals surface area contributed by atoms with Gasteiger partial charge in [0.2, 0.25) is 0 Å². The third kappa shape index (κ3) is 1.62. The number of amides is 1. The predicted molar refractivity (Wildman–Crippen MR) is 67.8 cm³/mol. The molecule has 5 nitrogen and oxygen atoms in total. The molecule has 5 heteroatoms. The molecule has 0 spiro atoms. The molecule has 3 rings (SSSR count). The second kappa shape index (κ2) is 3.96. The van der Waals surface area contributed by atoms with Crippen LogP contribution in [-0.2, 0) is 0 Å². The van der Waals surface area contributed by atoms with Crippen LogP contribution >= 0.6 is 0 Å². The number of benzene rings is 1. The van der Waals surface area contributed by atoms with Gasteiger partial charge in [0, 0.05) is 5.56 Å². The van der Waals surface area contributed by atoms with Crippen molar-refractivity contribution >= 4 is 16.8 Å². The van der Waals surface area contributed by atoms with Crippen LogP contribution in [0.1, 0.15) is 10.5 Å². The molecule has 1 amide bonds. The number of nitrogens with one attached hydrogen (secondary N) is 1. The number of hydrogen-bond donors (Lipinski definition) is 2. The van der Waals surface area contributed by atoms with Gasteiger partial charge in [-0.05, 0) is 6.07 Å². The fraction of sp³-hybridized carbons (Fsp3) is 0. The molecule has 0 fully saturated rings. The summed E-state index contributed by atoms with van der Waals surface area (Å²) < 4.78 is 0. The fourth-order valence-corrected chi connectivity index (χ4v) is 1.89. The van der Waals surface area contributed by atoms with E-state index in [-0.39, 0.29) is 5.69 Å². The van der Waals surface area contributed by atoms with Crippen molar-refractivity contribution in [3.8, 4) is 11.3 Å². The van der Waals surface area contributed by atoms with Gasteiger partial charge < -0.3 is 5.73 Å². The number of carbonyl (C=O) groups is 1. The second-order valence-corrected chi connectivity index (χ2v) is 3.92. The van der Waals surface area contributed by atoms with Gasteiger partial charge in [-0.2, -0.15) is 5.10 Å². The standard InChI is InChI=1S/C13H10N4O/c14-13(18)12-9-7-15-17-11(9)6-10(16-12)8-4-2-1-3-5-8/h1-7H,(H2,14,18)(H,15,17). The van der Waals surface area contributed by atoms with Gasteiger partial charge in [-0.1, -0.05) is 30.3 Å². The number of aromatic nitrogens is 3. The van der Waals surface area contributed by atoms with Gasteiger partial charge in [0.05, 0.1) is 22.8 Å². The lowest BCUT2D eigenvalue weighted by Crippen LogP contribution is -2.13. The van der Waals surface area contributed by atoms with Crippen LogP contribution < -0.4 is 5.73 Å². The van der Waals surface area contributed by atoms with E-state index in [9.17, 15) is 4.79 Å². The van der Waals surface area contributed by atoms with Crippen LogP contribution in [0.2, 0.25) is 0 Å². The van der Waals surface area contributed by atoms with Crippen LogP contribution in [0, 0.1) is 0 Å². The van der Waals surface area contributed by atoms with Crippen molar-refractivity contribution in [3.05, 3.63) is 48.3 Å². The molecule has 0 aliphatic rings. The highest BCUT2D eigenvalue weighted by Crippen LogP contribution is 2.23. The van der Waals surface area contributed by atoms with Gasteiger partial charge in [-0.25, -0.2) is 4.98 Å². The molecule has 0 atom stereocenters. The van der Waals surface area contributed by atoms with E-state index in [1.54, 1.807) is 6.20 Å². The molecule has 2 aromatic heterocycles. The largest absolute Gasteiger partial charge is 0.364 e. The molecule has 2 heterocycles. The molecule has 3 N–H and O–H groups in total. The van der Waals surface area contributed by atoms with Crippen molar-refractivity contribution in [1.82, 2.24) is 15.2 Å². The molecule has 18 heavy (non-hydrogen) atoms. The predicted octanol–water partition coefficient (Wildman–Crippen LogP) is 1.72. The van der Waals surface area contributed by atoms with Crippen LogP contribution in [0.4, 0.5) is 0 Å². The van der Waals surface area contributed by atoms with Gasteiger partial charge in [-0.3, -0.25) is 9.89 Å². The van der Waals surface area contributed by atoms with Crippen LogP contribution in [0.25, 0.3) is 22.2 Å². The van der Waals surface area contributed by atoms with Gasteiger partial charge in [0.1, 0.15) is 5.69 Å².